The average Bonchev–Trinajstić information content (AvgIpc) is 2.91. The van der Waals surface area contributed by atoms with E-state index in [-0.39, 0.29) is 0 Å². The fourth-order valence-corrected chi connectivity index (χ4v) is 4.97. The monoisotopic (exact) mass is 382 g/mol. The van der Waals surface area contributed by atoms with E-state index in [1.165, 1.54) is 31.2 Å². The van der Waals surface area contributed by atoms with Crippen LogP contribution in [0.2, 0.25) is 0 Å². The van der Waals surface area contributed by atoms with Gasteiger partial charge in [-0.1, -0.05) is 18.2 Å². The maximum Gasteiger partial charge on any atom is 0.171 e. The van der Waals surface area contributed by atoms with Crippen LogP contribution in [0.15, 0.2) is 54.6 Å². The first-order chi connectivity index (χ1) is 13.2. The number of para-hydroxylation sites is 1. The van der Waals surface area contributed by atoms with E-state index in [0.29, 0.717) is 6.04 Å². The number of hydrogen-bond acceptors (Lipinski definition) is 2. The molecule has 2 fully saturated rings. The number of rotatable bonds is 5. The molecule has 0 spiro atoms. The zero-order chi connectivity index (χ0) is 18.6. The molecular weight excluding hydrogens is 354 g/mol. The van der Waals surface area contributed by atoms with Gasteiger partial charge in [-0.05, 0) is 48.6 Å². The van der Waals surface area contributed by atoms with E-state index in [9.17, 15) is 0 Å². The van der Waals surface area contributed by atoms with Gasteiger partial charge >= 0.3 is 0 Å². The second-order valence-electron chi connectivity index (χ2n) is 7.70. The Labute approximate surface area is 166 Å². The summed E-state index contributed by atoms with van der Waals surface area (Å²) in [6.45, 7) is 1.11. The van der Waals surface area contributed by atoms with Gasteiger partial charge in [0.2, 0.25) is 0 Å². The van der Waals surface area contributed by atoms with Crippen molar-refractivity contribution in [3.63, 3.8) is 0 Å². The number of ether oxygens (including phenoxy) is 1. The normalized spacial score (nSPS) is 26.4. The first kappa shape index (κ1) is 18.3. The lowest BCUT2D eigenvalue weighted by Gasteiger charge is -2.37. The molecule has 2 aliphatic rings. The van der Waals surface area contributed by atoms with E-state index in [0.717, 1.165) is 35.2 Å². The lowest BCUT2D eigenvalue weighted by Crippen LogP contribution is -3.17. The Hall–Kier alpha value is -2.11. The van der Waals surface area contributed by atoms with Gasteiger partial charge in [0, 0.05) is 43.0 Å². The minimum atomic E-state index is 0.478. The highest BCUT2D eigenvalue weighted by Gasteiger charge is 2.44. The summed E-state index contributed by atoms with van der Waals surface area (Å²) >= 11 is 5.53. The maximum atomic E-state index is 5.53. The van der Waals surface area contributed by atoms with E-state index in [1.54, 1.807) is 12.0 Å². The summed E-state index contributed by atoms with van der Waals surface area (Å²) in [4.78, 5) is 1.75. The van der Waals surface area contributed by atoms with E-state index in [2.05, 4.69) is 34.9 Å². The summed E-state index contributed by atoms with van der Waals surface area (Å²) in [5, 5.41) is 7.60. The van der Waals surface area contributed by atoms with E-state index in [4.69, 9.17) is 17.0 Å². The van der Waals surface area contributed by atoms with Crippen LogP contribution in [-0.4, -0.2) is 30.3 Å². The van der Waals surface area contributed by atoms with Crippen LogP contribution in [0.5, 0.6) is 5.75 Å². The molecule has 4 atom stereocenters. The Kier molecular flexibility index (Phi) is 5.60. The van der Waals surface area contributed by atoms with Crippen LogP contribution >= 0.6 is 12.2 Å². The topological polar surface area (TPSA) is 37.7 Å². The van der Waals surface area contributed by atoms with Crippen LogP contribution in [0, 0.1) is 0 Å². The highest BCUT2D eigenvalue weighted by molar-refractivity contribution is 7.80. The Balaban J connectivity index is 1.32. The third-order valence-corrected chi connectivity index (χ3v) is 6.20. The van der Waals surface area contributed by atoms with Crippen LogP contribution in [-0.2, 0) is 6.54 Å². The summed E-state index contributed by atoms with van der Waals surface area (Å²) < 4.78 is 5.27. The summed E-state index contributed by atoms with van der Waals surface area (Å²) in [7, 11) is 1.72. The minimum absolute atomic E-state index is 0.478. The molecule has 2 heterocycles. The second kappa shape index (κ2) is 8.28. The van der Waals surface area contributed by atoms with Gasteiger partial charge in [0.15, 0.2) is 5.11 Å². The molecule has 142 valence electrons. The van der Waals surface area contributed by atoms with Crippen molar-refractivity contribution < 1.29 is 9.64 Å². The summed E-state index contributed by atoms with van der Waals surface area (Å²) in [5.41, 5.74) is 2.44. The molecule has 2 aliphatic heterocycles. The van der Waals surface area contributed by atoms with Gasteiger partial charge in [0.25, 0.3) is 0 Å². The van der Waals surface area contributed by atoms with Crippen LogP contribution < -0.4 is 20.3 Å². The molecule has 2 aromatic rings. The SMILES string of the molecule is COc1ccc(C[NH+]2[C@@H]3CC[C@H]2CC(NC(=S)Nc2ccccc2)C3)cc1. The molecule has 27 heavy (non-hydrogen) atoms. The Bertz CT molecular complexity index is 751. The van der Waals surface area contributed by atoms with Gasteiger partial charge in [-0.15, -0.1) is 0 Å². The summed E-state index contributed by atoms with van der Waals surface area (Å²) in [6, 6.07) is 20.6. The third kappa shape index (κ3) is 4.42. The van der Waals surface area contributed by atoms with E-state index in [1.807, 2.05) is 30.3 Å². The molecule has 5 heteroatoms. The molecule has 0 aromatic heterocycles. The quantitative estimate of drug-likeness (QED) is 0.695. The van der Waals surface area contributed by atoms with Crippen molar-refractivity contribution in [3.05, 3.63) is 60.2 Å². The molecule has 2 aromatic carbocycles. The standard InChI is InChI=1S/C22H27N3OS/c1-26-21-11-7-16(8-12-21)15-25-19-9-10-20(25)14-18(13-19)24-22(27)23-17-5-3-2-4-6-17/h2-8,11-12,18-20H,9-10,13-15H2,1H3,(H2,23,24,27)/p+1/t18?,19-,20+. The minimum Gasteiger partial charge on any atom is -0.497 e. The molecule has 2 saturated heterocycles. The Morgan fingerprint density at radius 2 is 1.70 bits per heavy atom. The van der Waals surface area contributed by atoms with E-state index < -0.39 is 0 Å². The fourth-order valence-electron chi connectivity index (χ4n) is 4.69. The number of thiocarbonyl (C=S) groups is 1. The first-order valence-corrected chi connectivity index (χ1v) is 10.2. The second-order valence-corrected chi connectivity index (χ2v) is 8.11. The molecule has 0 amide bonds. The van der Waals surface area contributed by atoms with Gasteiger partial charge in [-0.2, -0.15) is 0 Å². The number of fused-ring (bicyclic) bond motifs is 2. The van der Waals surface area contributed by atoms with Crippen molar-refractivity contribution in [2.45, 2.75) is 50.4 Å². The number of methoxy groups -OCH3 is 1. The molecule has 2 unspecified atom stereocenters. The smallest absolute Gasteiger partial charge is 0.171 e. The lowest BCUT2D eigenvalue weighted by atomic mass is 9.96. The molecule has 0 radical (unpaired) electrons. The van der Waals surface area contributed by atoms with Crippen LogP contribution in [0.3, 0.4) is 0 Å². The summed E-state index contributed by atoms with van der Waals surface area (Å²) in [6.07, 6.45) is 5.04. The van der Waals surface area contributed by atoms with Crippen molar-refractivity contribution >= 4 is 23.0 Å². The summed E-state index contributed by atoms with van der Waals surface area (Å²) in [5.74, 6) is 0.930. The zero-order valence-electron chi connectivity index (χ0n) is 15.8. The van der Waals surface area contributed by atoms with Crippen molar-refractivity contribution in [2.75, 3.05) is 12.4 Å². The van der Waals surface area contributed by atoms with Crippen LogP contribution in [0.4, 0.5) is 5.69 Å². The number of piperidine rings is 1. The van der Waals surface area contributed by atoms with Crippen molar-refractivity contribution in [1.29, 1.82) is 0 Å². The van der Waals surface area contributed by atoms with Crippen molar-refractivity contribution in [1.82, 2.24) is 5.32 Å². The van der Waals surface area contributed by atoms with Gasteiger partial charge in [-0.25, -0.2) is 0 Å². The van der Waals surface area contributed by atoms with Gasteiger partial charge < -0.3 is 20.3 Å². The molecule has 3 N–H and O–H groups in total. The maximum absolute atomic E-state index is 5.53. The van der Waals surface area contributed by atoms with Crippen LogP contribution in [0.1, 0.15) is 31.2 Å². The predicted molar refractivity (Wildman–Crippen MR) is 113 cm³/mol. The Morgan fingerprint density at radius 1 is 1.04 bits per heavy atom. The molecule has 4 nitrogen and oxygen atoms in total. The lowest BCUT2D eigenvalue weighted by molar-refractivity contribution is -0.954. The fraction of sp³-hybridized carbons (Fsp3) is 0.409. The number of hydrogen-bond donors (Lipinski definition) is 3. The van der Waals surface area contributed by atoms with Gasteiger partial charge in [0.1, 0.15) is 12.3 Å². The third-order valence-electron chi connectivity index (χ3n) is 5.98. The van der Waals surface area contributed by atoms with E-state index >= 15 is 0 Å². The highest BCUT2D eigenvalue weighted by Crippen LogP contribution is 2.24. The van der Waals surface area contributed by atoms with Crippen molar-refractivity contribution in [2.24, 2.45) is 0 Å². The van der Waals surface area contributed by atoms with Gasteiger partial charge in [-0.3, -0.25) is 0 Å². The van der Waals surface area contributed by atoms with Crippen LogP contribution in [0.25, 0.3) is 0 Å². The highest BCUT2D eigenvalue weighted by atomic mass is 32.1. The molecule has 0 aliphatic carbocycles. The molecular formula is C22H28N3OS+. The first-order valence-electron chi connectivity index (χ1n) is 9.82. The van der Waals surface area contributed by atoms with Crippen molar-refractivity contribution in [3.8, 4) is 5.75 Å². The number of quaternary nitrogens is 1. The number of benzene rings is 2. The number of nitrogens with one attached hydrogen (secondary N) is 3. The average molecular weight is 383 g/mol. The molecule has 0 saturated carbocycles. The zero-order valence-corrected chi connectivity index (χ0v) is 16.6. The largest absolute Gasteiger partial charge is 0.497 e. The van der Waals surface area contributed by atoms with Gasteiger partial charge in [0.05, 0.1) is 19.2 Å². The molecule has 2 bridgehead atoms. The predicted octanol–water partition coefficient (Wildman–Crippen LogP) is 2.76. The molecule has 4 rings (SSSR count). The number of anilines is 1. The Morgan fingerprint density at radius 3 is 2.33 bits per heavy atom.